The molecule has 0 spiro atoms. The Labute approximate surface area is 255 Å². The maximum atomic E-state index is 13.9. The second-order valence-electron chi connectivity index (χ2n) is 10.6. The van der Waals surface area contributed by atoms with Crippen molar-refractivity contribution in [1.29, 1.82) is 0 Å². The standard InChI is InChI=1S/C30H32Cl2F3NO7/c1-3-5-9-36(10-6-4-2)15-24-29(41,43-28(40)26(38)25(37)27(39)42-24)21-11-16-7-8-17(31)12-18(16)19-13-22(30(33,34)35)23(32)14-20(19)21/h7-8,11-14,24-26,37-38,41H,3-6,9-10,15H2,1-2H3. The van der Waals surface area contributed by atoms with E-state index in [0.717, 1.165) is 37.8 Å². The van der Waals surface area contributed by atoms with E-state index in [0.29, 0.717) is 18.5 Å². The van der Waals surface area contributed by atoms with Crippen LogP contribution in [0.25, 0.3) is 21.5 Å². The van der Waals surface area contributed by atoms with Gasteiger partial charge in [0.25, 0.3) is 5.79 Å². The Morgan fingerprint density at radius 3 is 2.14 bits per heavy atom. The van der Waals surface area contributed by atoms with Gasteiger partial charge in [-0.1, -0.05) is 56.0 Å². The fourth-order valence-corrected chi connectivity index (χ4v) is 5.61. The van der Waals surface area contributed by atoms with Crippen molar-refractivity contribution in [1.82, 2.24) is 4.90 Å². The summed E-state index contributed by atoms with van der Waals surface area (Å²) in [5.74, 6) is -5.75. The van der Waals surface area contributed by atoms with Crippen LogP contribution in [0.5, 0.6) is 0 Å². The molecular formula is C30H32Cl2F3NO7. The number of aliphatic hydroxyl groups is 3. The minimum atomic E-state index is -4.83. The van der Waals surface area contributed by atoms with Crippen LogP contribution in [0.1, 0.15) is 50.7 Å². The molecule has 234 valence electrons. The number of rotatable bonds is 9. The number of cyclic esters (lactones) is 2. The summed E-state index contributed by atoms with van der Waals surface area (Å²) in [6, 6.07) is 7.60. The molecule has 1 aliphatic heterocycles. The summed E-state index contributed by atoms with van der Waals surface area (Å²) in [5.41, 5.74) is -1.39. The van der Waals surface area contributed by atoms with Gasteiger partial charge in [0.05, 0.1) is 10.6 Å². The summed E-state index contributed by atoms with van der Waals surface area (Å²) in [4.78, 5) is 27.7. The molecular weight excluding hydrogens is 614 g/mol. The highest BCUT2D eigenvalue weighted by molar-refractivity contribution is 6.33. The average Bonchev–Trinajstić information content (AvgIpc) is 2.95. The van der Waals surface area contributed by atoms with E-state index in [1.54, 1.807) is 0 Å². The summed E-state index contributed by atoms with van der Waals surface area (Å²) >= 11 is 12.3. The van der Waals surface area contributed by atoms with Crippen molar-refractivity contribution in [2.24, 2.45) is 0 Å². The topological polar surface area (TPSA) is 117 Å². The van der Waals surface area contributed by atoms with Crippen molar-refractivity contribution in [3.05, 3.63) is 57.6 Å². The largest absolute Gasteiger partial charge is 0.452 e. The van der Waals surface area contributed by atoms with E-state index < -0.39 is 52.8 Å². The molecule has 43 heavy (non-hydrogen) atoms. The molecule has 1 saturated heterocycles. The van der Waals surface area contributed by atoms with E-state index in [1.165, 1.54) is 24.3 Å². The van der Waals surface area contributed by atoms with Crippen LogP contribution >= 0.6 is 23.2 Å². The minimum absolute atomic E-state index is 0.0299. The first-order valence-electron chi connectivity index (χ1n) is 13.9. The van der Waals surface area contributed by atoms with Gasteiger partial charge in [-0.2, -0.15) is 13.2 Å². The zero-order valence-electron chi connectivity index (χ0n) is 23.5. The third kappa shape index (κ3) is 6.87. The molecule has 0 aliphatic carbocycles. The van der Waals surface area contributed by atoms with Gasteiger partial charge in [-0.15, -0.1) is 0 Å². The normalized spacial score (nSPS) is 23.4. The average molecular weight is 646 g/mol. The summed E-state index contributed by atoms with van der Waals surface area (Å²) < 4.78 is 52.7. The van der Waals surface area contributed by atoms with Gasteiger partial charge in [0.2, 0.25) is 0 Å². The van der Waals surface area contributed by atoms with Crippen LogP contribution in [0.4, 0.5) is 13.2 Å². The Bertz CT molecular complexity index is 1510. The number of alkyl halides is 3. The van der Waals surface area contributed by atoms with E-state index in [-0.39, 0.29) is 33.3 Å². The van der Waals surface area contributed by atoms with Crippen molar-refractivity contribution in [2.45, 2.75) is 69.8 Å². The third-order valence-electron chi connectivity index (χ3n) is 7.51. The highest BCUT2D eigenvalue weighted by Gasteiger charge is 2.52. The lowest BCUT2D eigenvalue weighted by Crippen LogP contribution is -2.58. The molecule has 0 bridgehead atoms. The number of unbranched alkanes of at least 4 members (excludes halogenated alkanes) is 2. The molecule has 0 saturated carbocycles. The number of carbonyl (C=O) groups excluding carboxylic acids is 2. The number of halogens is 5. The summed E-state index contributed by atoms with van der Waals surface area (Å²) in [5, 5.41) is 32.9. The molecule has 0 amide bonds. The quantitative estimate of drug-likeness (QED) is 0.205. The van der Waals surface area contributed by atoms with E-state index in [2.05, 4.69) is 0 Å². The van der Waals surface area contributed by atoms with Crippen molar-refractivity contribution >= 4 is 56.7 Å². The van der Waals surface area contributed by atoms with Crippen LogP contribution in [0.2, 0.25) is 10.0 Å². The van der Waals surface area contributed by atoms with Crippen LogP contribution in [0, 0.1) is 0 Å². The number of hydrogen-bond acceptors (Lipinski definition) is 8. The lowest BCUT2D eigenvalue weighted by atomic mass is 9.88. The predicted molar refractivity (Wildman–Crippen MR) is 155 cm³/mol. The van der Waals surface area contributed by atoms with Crippen molar-refractivity contribution in [3.63, 3.8) is 0 Å². The molecule has 4 atom stereocenters. The van der Waals surface area contributed by atoms with E-state index in [9.17, 15) is 38.1 Å². The van der Waals surface area contributed by atoms with Gasteiger partial charge in [0.15, 0.2) is 18.3 Å². The second-order valence-corrected chi connectivity index (χ2v) is 11.4. The Balaban J connectivity index is 2.02. The summed E-state index contributed by atoms with van der Waals surface area (Å²) in [6.45, 7) is 4.84. The van der Waals surface area contributed by atoms with Gasteiger partial charge in [-0.25, -0.2) is 9.59 Å². The number of esters is 2. The summed E-state index contributed by atoms with van der Waals surface area (Å²) in [6.07, 6.45) is -8.04. The molecule has 13 heteroatoms. The van der Waals surface area contributed by atoms with Gasteiger partial charge in [0, 0.05) is 17.1 Å². The molecule has 8 nitrogen and oxygen atoms in total. The number of nitrogens with zero attached hydrogens (tertiary/aromatic N) is 1. The Morgan fingerprint density at radius 2 is 1.53 bits per heavy atom. The van der Waals surface area contributed by atoms with Gasteiger partial charge >= 0.3 is 18.1 Å². The van der Waals surface area contributed by atoms with Crippen LogP contribution in [0.3, 0.4) is 0 Å². The van der Waals surface area contributed by atoms with Crippen LogP contribution in [-0.2, 0) is 31.0 Å². The maximum Gasteiger partial charge on any atom is 0.417 e. The number of benzene rings is 3. The maximum absolute atomic E-state index is 13.9. The van der Waals surface area contributed by atoms with Gasteiger partial charge in [-0.3, -0.25) is 4.90 Å². The lowest BCUT2D eigenvalue weighted by molar-refractivity contribution is -0.279. The number of ether oxygens (including phenoxy) is 2. The zero-order chi connectivity index (χ0) is 31.7. The van der Waals surface area contributed by atoms with E-state index in [4.69, 9.17) is 32.7 Å². The van der Waals surface area contributed by atoms with Crippen LogP contribution in [-0.4, -0.2) is 70.1 Å². The molecule has 3 N–H and O–H groups in total. The van der Waals surface area contributed by atoms with Gasteiger partial charge in [-0.05, 0) is 77.8 Å². The molecule has 3 aromatic rings. The van der Waals surface area contributed by atoms with Crippen LogP contribution in [0.15, 0.2) is 36.4 Å². The van der Waals surface area contributed by atoms with Crippen LogP contribution < -0.4 is 0 Å². The molecule has 0 aromatic heterocycles. The fraction of sp³-hybridized carbons (Fsp3) is 0.467. The number of hydrogen-bond donors (Lipinski definition) is 3. The molecule has 4 unspecified atom stereocenters. The SMILES string of the molecule is CCCCN(CCCC)CC1OC(=O)C(O)C(O)C(=O)OC1(O)c1cc2ccc(Cl)cc2c2cc(C(F)(F)F)c(Cl)cc12. The summed E-state index contributed by atoms with van der Waals surface area (Å²) in [7, 11) is 0. The smallest absolute Gasteiger partial charge is 0.417 e. The molecule has 0 radical (unpaired) electrons. The van der Waals surface area contributed by atoms with Crippen molar-refractivity contribution in [3.8, 4) is 0 Å². The number of aliphatic hydroxyl groups excluding tert-OH is 2. The highest BCUT2D eigenvalue weighted by Crippen LogP contribution is 2.44. The fourth-order valence-electron chi connectivity index (χ4n) is 5.16. The number of carbonyl (C=O) groups is 2. The van der Waals surface area contributed by atoms with Gasteiger partial charge in [0.1, 0.15) is 0 Å². The first-order chi connectivity index (χ1) is 20.2. The first kappa shape index (κ1) is 33.2. The third-order valence-corrected chi connectivity index (χ3v) is 8.05. The van der Waals surface area contributed by atoms with Crippen molar-refractivity contribution < 1.29 is 47.6 Å². The minimum Gasteiger partial charge on any atom is -0.452 e. The molecule has 1 fully saturated rings. The predicted octanol–water partition coefficient (Wildman–Crippen LogP) is 5.56. The first-order valence-corrected chi connectivity index (χ1v) is 14.6. The molecule has 4 rings (SSSR count). The highest BCUT2D eigenvalue weighted by atomic mass is 35.5. The Hall–Kier alpha value is -2.67. The Morgan fingerprint density at radius 1 is 0.907 bits per heavy atom. The van der Waals surface area contributed by atoms with Crippen molar-refractivity contribution in [2.75, 3.05) is 19.6 Å². The molecule has 1 heterocycles. The lowest BCUT2D eigenvalue weighted by Gasteiger charge is -2.40. The zero-order valence-corrected chi connectivity index (χ0v) is 25.0. The number of fused-ring (bicyclic) bond motifs is 3. The second kappa shape index (κ2) is 13.1. The van der Waals surface area contributed by atoms with E-state index >= 15 is 0 Å². The van der Waals surface area contributed by atoms with Gasteiger partial charge < -0.3 is 24.8 Å². The molecule has 3 aromatic carbocycles. The monoisotopic (exact) mass is 645 g/mol. The van der Waals surface area contributed by atoms with E-state index in [1.807, 2.05) is 18.7 Å². The Kier molecular flexibility index (Phi) is 10.1. The molecule has 1 aliphatic rings.